The molecule has 0 heterocycles. The number of anilines is 1. The van der Waals surface area contributed by atoms with Crippen molar-refractivity contribution in [1.82, 2.24) is 0 Å². The molecule has 0 amide bonds. The molecule has 1 atom stereocenters. The van der Waals surface area contributed by atoms with Crippen LogP contribution in [0.5, 0.6) is 5.75 Å². The van der Waals surface area contributed by atoms with Crippen LogP contribution in [0.15, 0.2) is 24.3 Å². The smallest absolute Gasteiger partial charge is 0.406 e. The second-order valence-electron chi connectivity index (χ2n) is 3.57. The average Bonchev–Trinajstić information content (AvgIpc) is 2.25. The SMILES string of the molecule is COCC(O)CNc1cccc(OC(F)(F)F)c1. The van der Waals surface area contributed by atoms with Crippen molar-refractivity contribution < 1.29 is 27.8 Å². The topological polar surface area (TPSA) is 50.7 Å². The Morgan fingerprint density at radius 1 is 1.39 bits per heavy atom. The molecule has 4 nitrogen and oxygen atoms in total. The molecule has 0 aliphatic heterocycles. The summed E-state index contributed by atoms with van der Waals surface area (Å²) in [7, 11) is 1.45. The van der Waals surface area contributed by atoms with Crippen molar-refractivity contribution in [3.05, 3.63) is 24.3 Å². The van der Waals surface area contributed by atoms with Gasteiger partial charge in [0.25, 0.3) is 0 Å². The van der Waals surface area contributed by atoms with E-state index in [-0.39, 0.29) is 18.9 Å². The zero-order valence-electron chi connectivity index (χ0n) is 9.70. The monoisotopic (exact) mass is 265 g/mol. The van der Waals surface area contributed by atoms with Crippen molar-refractivity contribution in [2.24, 2.45) is 0 Å². The van der Waals surface area contributed by atoms with E-state index in [9.17, 15) is 18.3 Å². The van der Waals surface area contributed by atoms with E-state index >= 15 is 0 Å². The van der Waals surface area contributed by atoms with E-state index in [1.54, 1.807) is 6.07 Å². The van der Waals surface area contributed by atoms with Crippen molar-refractivity contribution in [3.63, 3.8) is 0 Å². The van der Waals surface area contributed by atoms with Crippen LogP contribution in [-0.4, -0.2) is 37.8 Å². The first kappa shape index (κ1) is 14.6. The Balaban J connectivity index is 2.54. The van der Waals surface area contributed by atoms with Crippen LogP contribution in [0.1, 0.15) is 0 Å². The van der Waals surface area contributed by atoms with Crippen LogP contribution in [-0.2, 0) is 4.74 Å². The number of aliphatic hydroxyl groups excluding tert-OH is 1. The molecule has 0 spiro atoms. The first-order chi connectivity index (χ1) is 8.40. The number of hydrogen-bond donors (Lipinski definition) is 2. The summed E-state index contributed by atoms with van der Waals surface area (Å²) in [6, 6.07) is 5.39. The summed E-state index contributed by atoms with van der Waals surface area (Å²) in [5.74, 6) is -0.311. The minimum atomic E-state index is -4.71. The van der Waals surface area contributed by atoms with Crippen LogP contribution in [0, 0.1) is 0 Å². The third-order valence-corrected chi connectivity index (χ3v) is 1.97. The first-order valence-corrected chi connectivity index (χ1v) is 5.17. The van der Waals surface area contributed by atoms with Crippen LogP contribution >= 0.6 is 0 Å². The van der Waals surface area contributed by atoms with E-state index in [1.807, 2.05) is 0 Å². The molecular weight excluding hydrogens is 251 g/mol. The zero-order valence-corrected chi connectivity index (χ0v) is 9.70. The summed E-state index contributed by atoms with van der Waals surface area (Å²) < 4.78 is 44.5. The normalized spacial score (nSPS) is 13.2. The fourth-order valence-electron chi connectivity index (χ4n) is 1.29. The summed E-state index contributed by atoms with van der Waals surface area (Å²) in [6.45, 7) is 0.315. The Kier molecular flexibility index (Phi) is 5.24. The van der Waals surface area contributed by atoms with Gasteiger partial charge < -0.3 is 19.9 Å². The fourth-order valence-corrected chi connectivity index (χ4v) is 1.29. The first-order valence-electron chi connectivity index (χ1n) is 5.17. The number of aliphatic hydroxyl groups is 1. The minimum Gasteiger partial charge on any atom is -0.406 e. The lowest BCUT2D eigenvalue weighted by molar-refractivity contribution is -0.274. The highest BCUT2D eigenvalue weighted by Gasteiger charge is 2.31. The lowest BCUT2D eigenvalue weighted by Crippen LogP contribution is -2.24. The Hall–Kier alpha value is -1.47. The minimum absolute atomic E-state index is 0.145. The highest BCUT2D eigenvalue weighted by Crippen LogP contribution is 2.24. The van der Waals surface area contributed by atoms with E-state index in [4.69, 9.17) is 4.74 Å². The van der Waals surface area contributed by atoms with Crippen LogP contribution < -0.4 is 10.1 Å². The standard InChI is InChI=1S/C11H14F3NO3/c1-17-7-9(16)6-15-8-3-2-4-10(5-8)18-11(12,13)14/h2-5,9,15-16H,6-7H2,1H3. The number of ether oxygens (including phenoxy) is 2. The third-order valence-electron chi connectivity index (χ3n) is 1.97. The predicted octanol–water partition coefficient (Wildman–Crippen LogP) is 2.00. The highest BCUT2D eigenvalue weighted by molar-refractivity contribution is 5.48. The molecule has 102 valence electrons. The molecule has 2 N–H and O–H groups in total. The van der Waals surface area contributed by atoms with Crippen molar-refractivity contribution in [1.29, 1.82) is 0 Å². The fraction of sp³-hybridized carbons (Fsp3) is 0.455. The second-order valence-corrected chi connectivity index (χ2v) is 3.57. The lowest BCUT2D eigenvalue weighted by atomic mass is 10.3. The van der Waals surface area contributed by atoms with Gasteiger partial charge >= 0.3 is 6.36 Å². The molecule has 1 aromatic carbocycles. The lowest BCUT2D eigenvalue weighted by Gasteiger charge is -2.13. The van der Waals surface area contributed by atoms with Gasteiger partial charge in [0.15, 0.2) is 0 Å². The number of alkyl halides is 3. The molecule has 0 radical (unpaired) electrons. The van der Waals surface area contributed by atoms with Gasteiger partial charge in [-0.2, -0.15) is 0 Å². The maximum absolute atomic E-state index is 12.0. The van der Waals surface area contributed by atoms with Gasteiger partial charge in [-0.1, -0.05) is 6.07 Å². The van der Waals surface area contributed by atoms with Crippen molar-refractivity contribution in [2.45, 2.75) is 12.5 Å². The van der Waals surface area contributed by atoms with E-state index < -0.39 is 12.5 Å². The number of rotatable bonds is 6. The van der Waals surface area contributed by atoms with Crippen LogP contribution in [0.3, 0.4) is 0 Å². The van der Waals surface area contributed by atoms with Gasteiger partial charge in [-0.25, -0.2) is 0 Å². The number of hydrogen-bond acceptors (Lipinski definition) is 4. The molecule has 0 aliphatic carbocycles. The second kappa shape index (κ2) is 6.46. The van der Waals surface area contributed by atoms with Gasteiger partial charge in [0.2, 0.25) is 0 Å². The Bertz CT molecular complexity index is 371. The van der Waals surface area contributed by atoms with E-state index in [1.165, 1.54) is 25.3 Å². The van der Waals surface area contributed by atoms with E-state index in [0.717, 1.165) is 0 Å². The number of nitrogens with one attached hydrogen (secondary N) is 1. The Morgan fingerprint density at radius 3 is 2.72 bits per heavy atom. The molecule has 7 heteroatoms. The molecule has 0 bridgehead atoms. The van der Waals surface area contributed by atoms with Crippen LogP contribution in [0.4, 0.5) is 18.9 Å². The molecule has 1 aromatic rings. The summed E-state index contributed by atoms with van der Waals surface area (Å²) in [4.78, 5) is 0. The molecule has 0 saturated heterocycles. The largest absolute Gasteiger partial charge is 0.573 e. The van der Waals surface area contributed by atoms with Crippen LogP contribution in [0.2, 0.25) is 0 Å². The Labute approximate surface area is 102 Å². The molecule has 1 unspecified atom stereocenters. The highest BCUT2D eigenvalue weighted by atomic mass is 19.4. The maximum atomic E-state index is 12.0. The predicted molar refractivity (Wildman–Crippen MR) is 59.5 cm³/mol. The van der Waals surface area contributed by atoms with Crippen molar-refractivity contribution in [2.75, 3.05) is 25.6 Å². The molecule has 0 aliphatic rings. The van der Waals surface area contributed by atoms with Crippen molar-refractivity contribution in [3.8, 4) is 5.75 Å². The quantitative estimate of drug-likeness (QED) is 0.826. The van der Waals surface area contributed by atoms with Gasteiger partial charge in [0, 0.05) is 25.4 Å². The number of benzene rings is 1. The van der Waals surface area contributed by atoms with Crippen molar-refractivity contribution >= 4 is 5.69 Å². The summed E-state index contributed by atoms with van der Waals surface area (Å²) >= 11 is 0. The van der Waals surface area contributed by atoms with Gasteiger partial charge in [-0.05, 0) is 12.1 Å². The summed E-state index contributed by atoms with van der Waals surface area (Å²) in [5, 5.41) is 12.1. The summed E-state index contributed by atoms with van der Waals surface area (Å²) in [6.07, 6.45) is -5.45. The molecular formula is C11H14F3NO3. The summed E-state index contributed by atoms with van der Waals surface area (Å²) in [5.41, 5.74) is 0.423. The van der Waals surface area contributed by atoms with Gasteiger partial charge in [-0.3, -0.25) is 0 Å². The molecule has 1 rings (SSSR count). The van der Waals surface area contributed by atoms with Gasteiger partial charge in [-0.15, -0.1) is 13.2 Å². The van der Waals surface area contributed by atoms with E-state index in [2.05, 4.69) is 10.1 Å². The number of halogens is 3. The number of methoxy groups -OCH3 is 1. The van der Waals surface area contributed by atoms with E-state index in [0.29, 0.717) is 5.69 Å². The van der Waals surface area contributed by atoms with Gasteiger partial charge in [0.05, 0.1) is 12.7 Å². The van der Waals surface area contributed by atoms with Gasteiger partial charge in [0.1, 0.15) is 5.75 Å². The Morgan fingerprint density at radius 2 is 2.11 bits per heavy atom. The zero-order chi connectivity index (χ0) is 13.6. The third kappa shape index (κ3) is 5.74. The average molecular weight is 265 g/mol. The maximum Gasteiger partial charge on any atom is 0.573 e. The molecule has 0 fully saturated rings. The molecule has 18 heavy (non-hydrogen) atoms. The molecule has 0 aromatic heterocycles. The molecule has 0 saturated carbocycles. The van der Waals surface area contributed by atoms with Crippen LogP contribution in [0.25, 0.3) is 0 Å².